The number of fused-ring (bicyclic) bond motifs is 5. The van der Waals surface area contributed by atoms with Gasteiger partial charge in [0.25, 0.3) is 0 Å². The van der Waals surface area contributed by atoms with E-state index in [0.29, 0.717) is 0 Å². The quantitative estimate of drug-likeness (QED) is 0.259. The monoisotopic (exact) mass is 422 g/mol. The molecular weight excluding hydrogens is 408 g/mol. The van der Waals surface area contributed by atoms with E-state index >= 15 is 0 Å². The minimum Gasteiger partial charge on any atom is -0.456 e. The number of hydrogen-bond donors (Lipinski definition) is 0. The van der Waals surface area contributed by atoms with Gasteiger partial charge in [-0.3, -0.25) is 0 Å². The van der Waals surface area contributed by atoms with E-state index in [1.54, 1.807) is 0 Å². The largest absolute Gasteiger partial charge is 0.456 e. The summed E-state index contributed by atoms with van der Waals surface area (Å²) in [7, 11) is 0. The molecule has 0 aliphatic heterocycles. The molecule has 0 saturated carbocycles. The molecule has 0 aliphatic rings. The Labute approximate surface area is 170 Å². The molecule has 0 saturated heterocycles. The zero-order valence-corrected chi connectivity index (χ0v) is 16.5. The highest BCUT2D eigenvalue weighted by Crippen LogP contribution is 2.37. The summed E-state index contributed by atoms with van der Waals surface area (Å²) in [5, 5.41) is 7.23. The van der Waals surface area contributed by atoms with Gasteiger partial charge in [0.15, 0.2) is 0 Å². The van der Waals surface area contributed by atoms with Crippen molar-refractivity contribution in [2.24, 2.45) is 0 Å². The van der Waals surface area contributed by atoms with E-state index in [2.05, 4.69) is 107 Å². The Morgan fingerprint density at radius 1 is 0.536 bits per heavy atom. The molecule has 6 rings (SSSR count). The highest BCUT2D eigenvalue weighted by molar-refractivity contribution is 9.10. The van der Waals surface area contributed by atoms with Crippen molar-refractivity contribution in [1.29, 1.82) is 0 Å². The Kier molecular flexibility index (Phi) is 3.38. The molecule has 0 atom stereocenters. The molecule has 2 heteroatoms. The van der Waals surface area contributed by atoms with Crippen LogP contribution in [0.5, 0.6) is 0 Å². The molecule has 5 aromatic carbocycles. The minimum absolute atomic E-state index is 0.926. The Balaban J connectivity index is 1.66. The molecule has 0 unspecified atom stereocenters. The molecule has 1 nitrogen and oxygen atoms in total. The molecule has 0 amide bonds. The first kappa shape index (κ1) is 15.9. The van der Waals surface area contributed by atoms with Gasteiger partial charge < -0.3 is 4.42 Å². The lowest BCUT2D eigenvalue weighted by atomic mass is 9.97. The summed E-state index contributed by atoms with van der Waals surface area (Å²) in [4.78, 5) is 0. The molecule has 28 heavy (non-hydrogen) atoms. The van der Waals surface area contributed by atoms with Crippen molar-refractivity contribution in [2.45, 2.75) is 0 Å². The third-order valence-electron chi connectivity index (χ3n) is 5.52. The van der Waals surface area contributed by atoms with Gasteiger partial charge in [-0.2, -0.15) is 0 Å². The summed E-state index contributed by atoms with van der Waals surface area (Å²) >= 11 is 3.68. The van der Waals surface area contributed by atoms with Gasteiger partial charge in [0.2, 0.25) is 0 Å². The van der Waals surface area contributed by atoms with Crippen LogP contribution in [-0.4, -0.2) is 0 Å². The lowest BCUT2D eigenvalue weighted by Gasteiger charge is -2.09. The highest BCUT2D eigenvalue weighted by Gasteiger charge is 2.12. The van der Waals surface area contributed by atoms with Crippen LogP contribution in [0.1, 0.15) is 0 Å². The van der Waals surface area contributed by atoms with E-state index < -0.39 is 0 Å². The van der Waals surface area contributed by atoms with Gasteiger partial charge in [-0.05, 0) is 63.0 Å². The number of furan rings is 1. The first-order valence-corrected chi connectivity index (χ1v) is 10.1. The van der Waals surface area contributed by atoms with Crippen molar-refractivity contribution in [3.63, 3.8) is 0 Å². The Morgan fingerprint density at radius 2 is 1.25 bits per heavy atom. The molecular formula is C26H15BrO. The fourth-order valence-electron chi connectivity index (χ4n) is 4.14. The first-order valence-electron chi connectivity index (χ1n) is 9.31. The normalized spacial score (nSPS) is 11.8. The van der Waals surface area contributed by atoms with Gasteiger partial charge in [0.1, 0.15) is 11.2 Å². The summed E-state index contributed by atoms with van der Waals surface area (Å²) in [6.07, 6.45) is 0. The topological polar surface area (TPSA) is 13.1 Å². The average molecular weight is 423 g/mol. The van der Waals surface area contributed by atoms with Gasteiger partial charge in [0.05, 0.1) is 0 Å². The zero-order chi connectivity index (χ0) is 18.7. The van der Waals surface area contributed by atoms with Crippen LogP contribution in [0.3, 0.4) is 0 Å². The van der Waals surface area contributed by atoms with Crippen LogP contribution in [0, 0.1) is 0 Å². The van der Waals surface area contributed by atoms with Crippen LogP contribution in [0.15, 0.2) is 99.9 Å². The maximum Gasteiger partial charge on any atom is 0.136 e. The molecule has 0 N–H and O–H groups in total. The fourth-order valence-corrected chi connectivity index (χ4v) is 4.62. The lowest BCUT2D eigenvalue weighted by molar-refractivity contribution is 0.669. The van der Waals surface area contributed by atoms with Crippen molar-refractivity contribution >= 4 is 59.4 Å². The highest BCUT2D eigenvalue weighted by atomic mass is 79.9. The third-order valence-corrected chi connectivity index (χ3v) is 6.21. The van der Waals surface area contributed by atoms with Crippen LogP contribution < -0.4 is 0 Å². The minimum atomic E-state index is 0.926. The zero-order valence-electron chi connectivity index (χ0n) is 14.9. The van der Waals surface area contributed by atoms with Gasteiger partial charge in [-0.25, -0.2) is 0 Å². The van der Waals surface area contributed by atoms with E-state index in [9.17, 15) is 0 Å². The van der Waals surface area contributed by atoms with E-state index in [4.69, 9.17) is 4.42 Å². The van der Waals surface area contributed by atoms with Crippen molar-refractivity contribution < 1.29 is 4.42 Å². The van der Waals surface area contributed by atoms with Gasteiger partial charge in [-0.1, -0.05) is 76.6 Å². The third kappa shape index (κ3) is 2.31. The van der Waals surface area contributed by atoms with E-state index in [1.165, 1.54) is 32.7 Å². The fraction of sp³-hybridized carbons (Fsp3) is 0. The molecule has 0 radical (unpaired) electrons. The molecule has 1 heterocycles. The van der Waals surface area contributed by atoms with Crippen LogP contribution in [-0.2, 0) is 0 Å². The number of benzene rings is 5. The number of rotatable bonds is 1. The predicted octanol–water partition coefficient (Wildman–Crippen LogP) is 8.32. The number of hydrogen-bond acceptors (Lipinski definition) is 1. The summed E-state index contributed by atoms with van der Waals surface area (Å²) in [5.74, 6) is 0. The van der Waals surface area contributed by atoms with Crippen molar-refractivity contribution in [2.75, 3.05) is 0 Å². The van der Waals surface area contributed by atoms with Gasteiger partial charge >= 0.3 is 0 Å². The van der Waals surface area contributed by atoms with Crippen LogP contribution in [0.25, 0.3) is 54.6 Å². The summed E-state index contributed by atoms with van der Waals surface area (Å²) in [6, 6.07) is 32.1. The van der Waals surface area contributed by atoms with Crippen LogP contribution >= 0.6 is 15.9 Å². The maximum atomic E-state index is 6.15. The van der Waals surface area contributed by atoms with E-state index in [-0.39, 0.29) is 0 Å². The van der Waals surface area contributed by atoms with Crippen LogP contribution in [0.2, 0.25) is 0 Å². The van der Waals surface area contributed by atoms with Crippen LogP contribution in [0.4, 0.5) is 0 Å². The van der Waals surface area contributed by atoms with E-state index in [0.717, 1.165) is 26.4 Å². The Bertz CT molecular complexity index is 1520. The molecule has 0 aliphatic carbocycles. The smallest absolute Gasteiger partial charge is 0.136 e. The number of halogens is 1. The molecule has 1 aromatic heterocycles. The lowest BCUT2D eigenvalue weighted by Crippen LogP contribution is -1.82. The van der Waals surface area contributed by atoms with E-state index in [1.807, 2.05) is 0 Å². The van der Waals surface area contributed by atoms with Crippen molar-refractivity contribution in [3.05, 3.63) is 95.5 Å². The van der Waals surface area contributed by atoms with Gasteiger partial charge in [0, 0.05) is 15.2 Å². The summed E-state index contributed by atoms with van der Waals surface area (Å²) < 4.78 is 7.27. The Hall–Kier alpha value is -3.10. The second kappa shape index (κ2) is 5.95. The summed E-state index contributed by atoms with van der Waals surface area (Å²) in [5.41, 5.74) is 4.30. The maximum absolute atomic E-state index is 6.15. The molecule has 6 aromatic rings. The molecule has 0 spiro atoms. The molecule has 0 fully saturated rings. The second-order valence-electron chi connectivity index (χ2n) is 7.15. The Morgan fingerprint density at radius 3 is 2.11 bits per heavy atom. The predicted molar refractivity (Wildman–Crippen MR) is 122 cm³/mol. The SMILES string of the molecule is Brc1ccc(-c2ccc3oc4cc5ccccc5cc4c3c2)c2ccccc12. The summed E-state index contributed by atoms with van der Waals surface area (Å²) in [6.45, 7) is 0. The first-order chi connectivity index (χ1) is 13.8. The molecule has 0 bridgehead atoms. The van der Waals surface area contributed by atoms with Crippen molar-refractivity contribution in [3.8, 4) is 11.1 Å². The second-order valence-corrected chi connectivity index (χ2v) is 8.00. The standard InChI is InChI=1S/C26H15BrO/c27-24-11-10-19(20-7-3-4-8-21(20)24)18-9-12-25-22(14-18)23-13-16-5-1-2-6-17(16)15-26(23)28-25/h1-15H. The van der Waals surface area contributed by atoms with Gasteiger partial charge in [-0.15, -0.1) is 0 Å². The molecule has 132 valence electrons. The average Bonchev–Trinajstić information content (AvgIpc) is 3.09. The van der Waals surface area contributed by atoms with Crippen molar-refractivity contribution in [1.82, 2.24) is 0 Å².